The number of rotatable bonds is 7. The van der Waals surface area contributed by atoms with Gasteiger partial charge in [-0.25, -0.2) is 0 Å². The maximum Gasteiger partial charge on any atom is 0.310 e. The first-order valence-electron chi connectivity index (χ1n) is 10.8. The molecular weight excluding hydrogens is 446 g/mol. The van der Waals surface area contributed by atoms with Crippen molar-refractivity contribution in [3.8, 4) is 22.9 Å². The maximum absolute atomic E-state index is 13.3. The molecule has 1 unspecified atom stereocenters. The number of amides is 1. The Labute approximate surface area is 202 Å². The number of nitrogens with one attached hydrogen (secondary N) is 1. The molecule has 0 radical (unpaired) electrons. The van der Waals surface area contributed by atoms with Crippen LogP contribution in [0, 0.1) is 11.3 Å². The van der Waals surface area contributed by atoms with Crippen molar-refractivity contribution >= 4 is 23.3 Å². The van der Waals surface area contributed by atoms with E-state index in [0.29, 0.717) is 22.5 Å². The summed E-state index contributed by atoms with van der Waals surface area (Å²) in [6, 6.07) is 23.9. The summed E-state index contributed by atoms with van der Waals surface area (Å²) < 4.78 is 10.1. The van der Waals surface area contributed by atoms with Gasteiger partial charge in [0, 0.05) is 17.7 Å². The van der Waals surface area contributed by atoms with Gasteiger partial charge >= 0.3 is 5.97 Å². The topological polar surface area (TPSA) is 110 Å². The van der Waals surface area contributed by atoms with Gasteiger partial charge in [0.2, 0.25) is 5.60 Å². The number of hydrogen-bond donors (Lipinski definition) is 1. The fourth-order valence-electron chi connectivity index (χ4n) is 3.80. The predicted octanol–water partition coefficient (Wildman–Crippen LogP) is 4.30. The van der Waals surface area contributed by atoms with E-state index in [4.69, 9.17) is 14.3 Å². The molecule has 0 fully saturated rings. The van der Waals surface area contributed by atoms with Crippen molar-refractivity contribution in [3.05, 3.63) is 83.9 Å². The second-order valence-corrected chi connectivity index (χ2v) is 8.01. The smallest absolute Gasteiger partial charge is 0.310 e. The Morgan fingerprint density at radius 3 is 2.49 bits per heavy atom. The highest BCUT2D eigenvalue weighted by molar-refractivity contribution is 6.09. The number of nitrogens with zero attached hydrogens (tertiary/aromatic N) is 2. The molecule has 3 aromatic rings. The molecule has 0 aromatic heterocycles. The van der Waals surface area contributed by atoms with E-state index in [1.807, 2.05) is 36.4 Å². The van der Waals surface area contributed by atoms with E-state index in [1.165, 1.54) is 7.11 Å². The van der Waals surface area contributed by atoms with Crippen LogP contribution in [0.5, 0.6) is 5.75 Å². The minimum absolute atomic E-state index is 0.0463. The zero-order chi connectivity index (χ0) is 24.8. The lowest BCUT2D eigenvalue weighted by Crippen LogP contribution is -2.45. The van der Waals surface area contributed by atoms with Crippen LogP contribution in [0.15, 0.2) is 78.0 Å². The number of esters is 1. The van der Waals surface area contributed by atoms with Crippen LogP contribution in [-0.4, -0.2) is 37.4 Å². The summed E-state index contributed by atoms with van der Waals surface area (Å²) in [5, 5.41) is 16.1. The van der Waals surface area contributed by atoms with Gasteiger partial charge in [0.1, 0.15) is 5.75 Å². The van der Waals surface area contributed by atoms with Gasteiger partial charge in [0.25, 0.3) is 5.91 Å². The highest BCUT2D eigenvalue weighted by atomic mass is 16.7. The lowest BCUT2D eigenvalue weighted by molar-refractivity contribution is -0.155. The minimum atomic E-state index is -1.57. The molecule has 1 aliphatic rings. The Morgan fingerprint density at radius 1 is 1.03 bits per heavy atom. The average Bonchev–Trinajstić information content (AvgIpc) is 3.34. The number of nitriles is 1. The van der Waals surface area contributed by atoms with Gasteiger partial charge in [-0.15, -0.1) is 0 Å². The zero-order valence-corrected chi connectivity index (χ0v) is 19.3. The molecule has 0 bridgehead atoms. The zero-order valence-electron chi connectivity index (χ0n) is 19.3. The number of anilines is 1. The number of carbonyl (C=O) groups excluding carboxylic acids is 2. The van der Waals surface area contributed by atoms with Gasteiger partial charge < -0.3 is 19.6 Å². The van der Waals surface area contributed by atoms with Crippen molar-refractivity contribution < 1.29 is 23.9 Å². The average molecular weight is 469 g/mol. The lowest BCUT2D eigenvalue weighted by atomic mass is 9.89. The first kappa shape index (κ1) is 23.5. The molecule has 8 heteroatoms. The summed E-state index contributed by atoms with van der Waals surface area (Å²) in [5.74, 6) is -0.373. The largest absolute Gasteiger partial charge is 0.497 e. The quantitative estimate of drug-likeness (QED) is 0.517. The summed E-state index contributed by atoms with van der Waals surface area (Å²) in [7, 11) is 2.86. The molecule has 1 atom stereocenters. The molecule has 0 saturated heterocycles. The second kappa shape index (κ2) is 10.1. The third-order valence-electron chi connectivity index (χ3n) is 5.73. The Hall–Kier alpha value is -4.64. The molecule has 0 spiro atoms. The summed E-state index contributed by atoms with van der Waals surface area (Å²) in [6.45, 7) is 0. The molecule has 1 amide bonds. The van der Waals surface area contributed by atoms with Crippen LogP contribution in [0.2, 0.25) is 0 Å². The van der Waals surface area contributed by atoms with Gasteiger partial charge in [-0.3, -0.25) is 9.59 Å². The third kappa shape index (κ3) is 5.14. The highest BCUT2D eigenvalue weighted by Gasteiger charge is 2.49. The summed E-state index contributed by atoms with van der Waals surface area (Å²) in [6.07, 6.45) is -0.271. The fraction of sp³-hybridized carbons (Fsp3) is 0.185. The van der Waals surface area contributed by atoms with E-state index in [0.717, 1.165) is 16.9 Å². The van der Waals surface area contributed by atoms with Crippen molar-refractivity contribution in [3.63, 3.8) is 0 Å². The van der Waals surface area contributed by atoms with Gasteiger partial charge in [-0.2, -0.15) is 5.26 Å². The van der Waals surface area contributed by atoms with Gasteiger partial charge in [0.05, 0.1) is 38.0 Å². The van der Waals surface area contributed by atoms with E-state index in [9.17, 15) is 14.9 Å². The number of oxime groups is 1. The number of hydrogen-bond acceptors (Lipinski definition) is 7. The van der Waals surface area contributed by atoms with E-state index in [1.54, 1.807) is 43.5 Å². The van der Waals surface area contributed by atoms with Crippen LogP contribution in [0.25, 0.3) is 11.1 Å². The fourth-order valence-corrected chi connectivity index (χ4v) is 3.80. The molecule has 35 heavy (non-hydrogen) atoms. The van der Waals surface area contributed by atoms with E-state index in [-0.39, 0.29) is 12.8 Å². The molecule has 8 nitrogen and oxygen atoms in total. The SMILES string of the molecule is COC(=O)CC1(C(=O)Nc2ccc(-c3cccc(OC)c3)cc2)CC(c2cccc(C#N)c2)=NO1. The maximum atomic E-state index is 13.3. The molecule has 176 valence electrons. The Morgan fingerprint density at radius 2 is 1.77 bits per heavy atom. The Kier molecular flexibility index (Phi) is 6.78. The van der Waals surface area contributed by atoms with E-state index >= 15 is 0 Å². The van der Waals surface area contributed by atoms with Gasteiger partial charge in [0.15, 0.2) is 0 Å². The minimum Gasteiger partial charge on any atom is -0.497 e. The molecule has 1 heterocycles. The molecule has 0 aliphatic carbocycles. The van der Waals surface area contributed by atoms with Crippen LogP contribution in [-0.2, 0) is 19.2 Å². The molecule has 1 N–H and O–H groups in total. The monoisotopic (exact) mass is 469 g/mol. The van der Waals surface area contributed by atoms with Crippen LogP contribution in [0.3, 0.4) is 0 Å². The van der Waals surface area contributed by atoms with Crippen LogP contribution < -0.4 is 10.1 Å². The van der Waals surface area contributed by atoms with Crippen LogP contribution in [0.1, 0.15) is 24.0 Å². The summed E-state index contributed by atoms with van der Waals surface area (Å²) in [4.78, 5) is 31.1. The number of benzene rings is 3. The molecular formula is C27H23N3O5. The highest BCUT2D eigenvalue weighted by Crippen LogP contribution is 2.33. The van der Waals surface area contributed by atoms with Crippen molar-refractivity contribution in [1.29, 1.82) is 5.26 Å². The number of ether oxygens (including phenoxy) is 2. The number of methoxy groups -OCH3 is 2. The standard InChI is InChI=1S/C27H23N3O5/c1-33-23-8-4-6-20(14-23)19-9-11-22(12-10-19)29-26(32)27(16-25(31)34-2)15-24(30-35-27)21-7-3-5-18(13-21)17-28/h3-14H,15-16H2,1-2H3,(H,29,32). The van der Waals surface area contributed by atoms with Crippen molar-refractivity contribution in [2.75, 3.05) is 19.5 Å². The van der Waals surface area contributed by atoms with Crippen molar-refractivity contribution in [1.82, 2.24) is 0 Å². The van der Waals surface area contributed by atoms with Gasteiger partial charge in [-0.05, 0) is 47.5 Å². The first-order chi connectivity index (χ1) is 17.0. The first-order valence-corrected chi connectivity index (χ1v) is 10.8. The Bertz CT molecular complexity index is 1330. The van der Waals surface area contributed by atoms with Crippen molar-refractivity contribution in [2.24, 2.45) is 5.16 Å². The third-order valence-corrected chi connectivity index (χ3v) is 5.73. The summed E-state index contributed by atoms with van der Waals surface area (Å²) >= 11 is 0. The van der Waals surface area contributed by atoms with Crippen LogP contribution in [0.4, 0.5) is 5.69 Å². The van der Waals surface area contributed by atoms with Crippen LogP contribution >= 0.6 is 0 Å². The lowest BCUT2D eigenvalue weighted by Gasteiger charge is -2.24. The van der Waals surface area contributed by atoms with E-state index in [2.05, 4.69) is 16.5 Å². The van der Waals surface area contributed by atoms with Crippen molar-refractivity contribution in [2.45, 2.75) is 18.4 Å². The Balaban J connectivity index is 1.53. The normalized spacial score (nSPS) is 16.4. The molecule has 4 rings (SSSR count). The second-order valence-electron chi connectivity index (χ2n) is 8.01. The molecule has 0 saturated carbocycles. The number of carbonyl (C=O) groups is 2. The predicted molar refractivity (Wildman–Crippen MR) is 130 cm³/mol. The molecule has 1 aliphatic heterocycles. The van der Waals surface area contributed by atoms with Gasteiger partial charge in [-0.1, -0.05) is 41.6 Å². The van der Waals surface area contributed by atoms with E-state index < -0.39 is 17.5 Å². The molecule has 3 aromatic carbocycles. The summed E-state index contributed by atoms with van der Waals surface area (Å²) in [5.41, 5.74) is 2.45.